The summed E-state index contributed by atoms with van der Waals surface area (Å²) >= 11 is 0. The van der Waals surface area contributed by atoms with E-state index in [0.717, 1.165) is 25.8 Å². The van der Waals surface area contributed by atoms with Crippen LogP contribution in [0.2, 0.25) is 0 Å². The minimum absolute atomic E-state index is 0.192. The van der Waals surface area contributed by atoms with Crippen LogP contribution in [0, 0.1) is 5.41 Å². The molecule has 3 heteroatoms. The third kappa shape index (κ3) is 4.12. The lowest BCUT2D eigenvalue weighted by Gasteiger charge is -2.35. The number of amides is 1. The van der Waals surface area contributed by atoms with Gasteiger partial charge in [-0.25, -0.2) is 0 Å². The highest BCUT2D eigenvalue weighted by molar-refractivity contribution is 5.82. The van der Waals surface area contributed by atoms with Gasteiger partial charge in [0.15, 0.2) is 0 Å². The number of hydrogen-bond acceptors (Lipinski definition) is 2. The molecule has 0 spiro atoms. The van der Waals surface area contributed by atoms with Gasteiger partial charge in [0.25, 0.3) is 0 Å². The van der Waals surface area contributed by atoms with Crippen LogP contribution in [0.5, 0.6) is 0 Å². The molecule has 0 aromatic carbocycles. The van der Waals surface area contributed by atoms with E-state index in [-0.39, 0.29) is 5.91 Å². The SMILES string of the molecule is CCCCN(C(=O)C(C)(C)CN)C(C)CC. The molecule has 0 aliphatic rings. The summed E-state index contributed by atoms with van der Waals surface area (Å²) in [5.74, 6) is 0.192. The molecule has 0 aliphatic heterocycles. The first-order chi connectivity index (χ1) is 7.40. The summed E-state index contributed by atoms with van der Waals surface area (Å²) < 4.78 is 0. The lowest BCUT2D eigenvalue weighted by atomic mass is 9.91. The second kappa shape index (κ2) is 6.89. The van der Waals surface area contributed by atoms with Gasteiger partial charge in [-0.15, -0.1) is 0 Å². The van der Waals surface area contributed by atoms with Crippen LogP contribution in [0.15, 0.2) is 0 Å². The number of nitrogens with two attached hydrogens (primary N) is 1. The Morgan fingerprint density at radius 2 is 1.94 bits per heavy atom. The van der Waals surface area contributed by atoms with E-state index in [2.05, 4.69) is 20.8 Å². The van der Waals surface area contributed by atoms with Crippen molar-refractivity contribution in [3.63, 3.8) is 0 Å². The van der Waals surface area contributed by atoms with Crippen molar-refractivity contribution < 1.29 is 4.79 Å². The molecule has 0 rings (SSSR count). The highest BCUT2D eigenvalue weighted by Crippen LogP contribution is 2.20. The van der Waals surface area contributed by atoms with Crippen LogP contribution in [0.4, 0.5) is 0 Å². The summed E-state index contributed by atoms with van der Waals surface area (Å²) in [5.41, 5.74) is 5.23. The molecule has 0 aromatic rings. The van der Waals surface area contributed by atoms with E-state index in [9.17, 15) is 4.79 Å². The third-order valence-electron chi connectivity index (χ3n) is 3.23. The van der Waals surface area contributed by atoms with Crippen molar-refractivity contribution in [2.24, 2.45) is 11.1 Å². The van der Waals surface area contributed by atoms with Crippen molar-refractivity contribution in [1.29, 1.82) is 0 Å². The molecule has 0 fully saturated rings. The maximum absolute atomic E-state index is 12.3. The zero-order valence-electron chi connectivity index (χ0n) is 11.5. The van der Waals surface area contributed by atoms with E-state index >= 15 is 0 Å². The topological polar surface area (TPSA) is 46.3 Å². The molecule has 0 heterocycles. The van der Waals surface area contributed by atoms with Crippen molar-refractivity contribution in [3.8, 4) is 0 Å². The predicted octanol–water partition coefficient (Wildman–Crippen LogP) is 2.40. The normalized spacial score (nSPS) is 13.6. The molecular weight excluding hydrogens is 200 g/mol. The van der Waals surface area contributed by atoms with Crippen LogP contribution in [0.3, 0.4) is 0 Å². The van der Waals surface area contributed by atoms with Crippen LogP contribution in [-0.4, -0.2) is 29.9 Å². The minimum atomic E-state index is -0.433. The summed E-state index contributed by atoms with van der Waals surface area (Å²) in [7, 11) is 0. The Bertz CT molecular complexity index is 214. The molecule has 1 unspecified atom stereocenters. The van der Waals surface area contributed by atoms with Gasteiger partial charge in [-0.2, -0.15) is 0 Å². The van der Waals surface area contributed by atoms with Crippen LogP contribution >= 0.6 is 0 Å². The van der Waals surface area contributed by atoms with E-state index < -0.39 is 5.41 Å². The molecule has 0 bridgehead atoms. The molecule has 1 amide bonds. The van der Waals surface area contributed by atoms with Gasteiger partial charge in [-0.1, -0.05) is 20.3 Å². The van der Waals surface area contributed by atoms with Crippen molar-refractivity contribution in [2.45, 2.75) is 59.9 Å². The van der Waals surface area contributed by atoms with Crippen LogP contribution in [0.1, 0.15) is 53.9 Å². The molecule has 96 valence electrons. The largest absolute Gasteiger partial charge is 0.340 e. The first kappa shape index (κ1) is 15.4. The number of nitrogens with zero attached hydrogens (tertiary/aromatic N) is 1. The van der Waals surface area contributed by atoms with Gasteiger partial charge in [-0.3, -0.25) is 4.79 Å². The summed E-state index contributed by atoms with van der Waals surface area (Å²) in [5, 5.41) is 0. The Balaban J connectivity index is 4.68. The fourth-order valence-electron chi connectivity index (χ4n) is 1.55. The number of unbranched alkanes of at least 4 members (excludes halogenated alkanes) is 1. The van der Waals surface area contributed by atoms with E-state index in [1.807, 2.05) is 18.7 Å². The van der Waals surface area contributed by atoms with Gasteiger partial charge in [0.2, 0.25) is 5.91 Å². The van der Waals surface area contributed by atoms with E-state index in [1.165, 1.54) is 0 Å². The predicted molar refractivity (Wildman–Crippen MR) is 69.2 cm³/mol. The molecule has 0 aliphatic carbocycles. The maximum Gasteiger partial charge on any atom is 0.229 e. The smallest absolute Gasteiger partial charge is 0.229 e. The van der Waals surface area contributed by atoms with Gasteiger partial charge in [0, 0.05) is 19.1 Å². The Labute approximate surface area is 100 Å². The third-order valence-corrected chi connectivity index (χ3v) is 3.23. The van der Waals surface area contributed by atoms with Crippen LogP contribution in [0.25, 0.3) is 0 Å². The Hall–Kier alpha value is -0.570. The molecule has 0 aromatic heterocycles. The van der Waals surface area contributed by atoms with Crippen molar-refractivity contribution in [1.82, 2.24) is 4.90 Å². The Morgan fingerprint density at radius 1 is 1.38 bits per heavy atom. The Kier molecular flexibility index (Phi) is 6.65. The van der Waals surface area contributed by atoms with Gasteiger partial charge in [-0.05, 0) is 33.6 Å². The molecule has 3 nitrogen and oxygen atoms in total. The highest BCUT2D eigenvalue weighted by Gasteiger charge is 2.32. The molecule has 2 N–H and O–H groups in total. The first-order valence-electron chi connectivity index (χ1n) is 6.41. The van der Waals surface area contributed by atoms with Crippen molar-refractivity contribution in [2.75, 3.05) is 13.1 Å². The fraction of sp³-hybridized carbons (Fsp3) is 0.923. The molecule has 0 saturated carbocycles. The van der Waals surface area contributed by atoms with Gasteiger partial charge in [0.05, 0.1) is 5.41 Å². The highest BCUT2D eigenvalue weighted by atomic mass is 16.2. The Morgan fingerprint density at radius 3 is 2.31 bits per heavy atom. The molecular formula is C13H28N2O. The molecule has 16 heavy (non-hydrogen) atoms. The molecule has 0 radical (unpaired) electrons. The summed E-state index contributed by atoms with van der Waals surface area (Å²) in [6.45, 7) is 11.5. The average Bonchev–Trinajstić information content (AvgIpc) is 2.28. The zero-order valence-corrected chi connectivity index (χ0v) is 11.5. The maximum atomic E-state index is 12.3. The summed E-state index contributed by atoms with van der Waals surface area (Å²) in [6, 6.07) is 0.310. The molecule has 1 atom stereocenters. The van der Waals surface area contributed by atoms with Crippen LogP contribution < -0.4 is 5.73 Å². The van der Waals surface area contributed by atoms with Gasteiger partial charge >= 0.3 is 0 Å². The average molecular weight is 228 g/mol. The summed E-state index contributed by atoms with van der Waals surface area (Å²) in [6.07, 6.45) is 3.18. The zero-order chi connectivity index (χ0) is 12.8. The second-order valence-electron chi connectivity index (χ2n) is 5.20. The molecule has 0 saturated heterocycles. The number of carbonyl (C=O) groups is 1. The summed E-state index contributed by atoms with van der Waals surface area (Å²) in [4.78, 5) is 14.3. The lowest BCUT2D eigenvalue weighted by molar-refractivity contribution is -0.142. The van der Waals surface area contributed by atoms with Gasteiger partial charge < -0.3 is 10.6 Å². The van der Waals surface area contributed by atoms with E-state index in [4.69, 9.17) is 5.73 Å². The van der Waals surface area contributed by atoms with Gasteiger partial charge in [0.1, 0.15) is 0 Å². The fourth-order valence-corrected chi connectivity index (χ4v) is 1.55. The quantitative estimate of drug-likeness (QED) is 0.727. The number of carbonyl (C=O) groups excluding carboxylic acids is 1. The van der Waals surface area contributed by atoms with E-state index in [1.54, 1.807) is 0 Å². The van der Waals surface area contributed by atoms with Crippen molar-refractivity contribution >= 4 is 5.91 Å². The standard InChI is InChI=1S/C13H28N2O/c1-6-8-9-15(11(3)7-2)12(16)13(4,5)10-14/h11H,6-10,14H2,1-5H3. The second-order valence-corrected chi connectivity index (χ2v) is 5.20. The van der Waals surface area contributed by atoms with Crippen LogP contribution in [-0.2, 0) is 4.79 Å². The minimum Gasteiger partial charge on any atom is -0.340 e. The number of hydrogen-bond donors (Lipinski definition) is 1. The van der Waals surface area contributed by atoms with E-state index in [0.29, 0.717) is 12.6 Å². The lowest BCUT2D eigenvalue weighted by Crippen LogP contribution is -2.48. The monoisotopic (exact) mass is 228 g/mol. The number of rotatable bonds is 7. The van der Waals surface area contributed by atoms with Crippen molar-refractivity contribution in [3.05, 3.63) is 0 Å². The first-order valence-corrected chi connectivity index (χ1v) is 6.41.